The summed E-state index contributed by atoms with van der Waals surface area (Å²) in [5, 5.41) is 3.48. The fourth-order valence-electron chi connectivity index (χ4n) is 3.81. The van der Waals surface area contributed by atoms with Crippen molar-refractivity contribution in [2.75, 3.05) is 11.9 Å². The number of benzene rings is 2. The number of thiophene rings is 1. The van der Waals surface area contributed by atoms with Crippen molar-refractivity contribution in [2.45, 2.75) is 39.2 Å². The van der Waals surface area contributed by atoms with Gasteiger partial charge in [-0.2, -0.15) is 0 Å². The fraction of sp³-hybridized carbons (Fsp3) is 0.259. The third kappa shape index (κ3) is 5.90. The van der Waals surface area contributed by atoms with Gasteiger partial charge in [-0.05, 0) is 67.5 Å². The number of ether oxygens (including phenoxy) is 2. The molecule has 1 amide bonds. The number of carbonyl (C=O) groups is 2. The van der Waals surface area contributed by atoms with Gasteiger partial charge in [-0.1, -0.05) is 42.5 Å². The normalized spacial score (nSPS) is 12.9. The van der Waals surface area contributed by atoms with Crippen LogP contribution in [0.15, 0.2) is 60.7 Å². The standard InChI is InChI=1S/C27H27NO4S/c1-2-31-27(30)25-22-10-6-7-11-23(22)33-26(25)28-24(29)17-14-19-12-15-21(16-13-19)32-18-20-8-4-3-5-9-20/h3-5,8-9,12-17H,2,6-7,10-11,18H2,1H3,(H,28,29)/b17-14+. The van der Waals surface area contributed by atoms with E-state index in [2.05, 4.69) is 5.32 Å². The lowest BCUT2D eigenvalue weighted by Crippen LogP contribution is -2.14. The lowest BCUT2D eigenvalue weighted by atomic mass is 9.95. The largest absolute Gasteiger partial charge is 0.489 e. The summed E-state index contributed by atoms with van der Waals surface area (Å²) in [5.41, 5.74) is 3.55. The van der Waals surface area contributed by atoms with Gasteiger partial charge >= 0.3 is 5.97 Å². The number of fused-ring (bicyclic) bond motifs is 1. The number of amides is 1. The maximum atomic E-state index is 12.6. The van der Waals surface area contributed by atoms with Gasteiger partial charge in [0.05, 0.1) is 12.2 Å². The van der Waals surface area contributed by atoms with Crippen LogP contribution in [0.1, 0.15) is 51.7 Å². The van der Waals surface area contributed by atoms with Crippen molar-refractivity contribution in [2.24, 2.45) is 0 Å². The summed E-state index contributed by atoms with van der Waals surface area (Å²) in [6.45, 7) is 2.60. The van der Waals surface area contributed by atoms with Crippen molar-refractivity contribution in [3.05, 3.63) is 87.8 Å². The summed E-state index contributed by atoms with van der Waals surface area (Å²) in [6, 6.07) is 17.6. The van der Waals surface area contributed by atoms with Crippen molar-refractivity contribution < 1.29 is 19.1 Å². The highest BCUT2D eigenvalue weighted by atomic mass is 32.1. The van der Waals surface area contributed by atoms with E-state index in [9.17, 15) is 9.59 Å². The molecule has 4 rings (SSSR count). The van der Waals surface area contributed by atoms with Crippen LogP contribution >= 0.6 is 11.3 Å². The summed E-state index contributed by atoms with van der Waals surface area (Å²) in [7, 11) is 0. The second-order valence-electron chi connectivity index (χ2n) is 7.80. The van der Waals surface area contributed by atoms with Crippen molar-refractivity contribution >= 4 is 34.3 Å². The van der Waals surface area contributed by atoms with Crippen LogP contribution in [0, 0.1) is 0 Å². The van der Waals surface area contributed by atoms with Gasteiger partial charge in [-0.25, -0.2) is 4.79 Å². The molecule has 1 aliphatic rings. The van der Waals surface area contributed by atoms with Crippen LogP contribution in [0.2, 0.25) is 0 Å². The van der Waals surface area contributed by atoms with E-state index in [1.54, 1.807) is 13.0 Å². The third-order valence-corrected chi connectivity index (χ3v) is 6.65. The Bertz CT molecular complexity index is 1130. The molecule has 0 spiro atoms. The van der Waals surface area contributed by atoms with Crippen LogP contribution in [0.25, 0.3) is 6.08 Å². The van der Waals surface area contributed by atoms with Gasteiger partial charge in [0, 0.05) is 11.0 Å². The average Bonchev–Trinajstić information content (AvgIpc) is 3.20. The Morgan fingerprint density at radius 3 is 2.55 bits per heavy atom. The monoisotopic (exact) mass is 461 g/mol. The molecule has 0 saturated heterocycles. The Balaban J connectivity index is 1.39. The van der Waals surface area contributed by atoms with E-state index in [1.165, 1.54) is 22.3 Å². The molecule has 1 aromatic heterocycles. The molecule has 1 heterocycles. The van der Waals surface area contributed by atoms with Crippen molar-refractivity contribution in [1.29, 1.82) is 0 Å². The molecule has 0 unspecified atom stereocenters. The molecule has 0 fully saturated rings. The molecule has 0 aliphatic heterocycles. The van der Waals surface area contributed by atoms with Gasteiger partial charge < -0.3 is 14.8 Å². The highest BCUT2D eigenvalue weighted by Crippen LogP contribution is 2.38. The van der Waals surface area contributed by atoms with Crippen LogP contribution in [0.4, 0.5) is 5.00 Å². The fourth-order valence-corrected chi connectivity index (χ4v) is 5.10. The molecule has 0 saturated carbocycles. The van der Waals surface area contributed by atoms with Gasteiger partial charge in [0.1, 0.15) is 17.4 Å². The average molecular weight is 462 g/mol. The molecule has 5 nitrogen and oxygen atoms in total. The minimum atomic E-state index is -0.359. The zero-order chi connectivity index (χ0) is 23.0. The minimum absolute atomic E-state index is 0.274. The van der Waals surface area contributed by atoms with Crippen LogP contribution in [0.5, 0.6) is 5.75 Å². The third-order valence-electron chi connectivity index (χ3n) is 5.44. The summed E-state index contributed by atoms with van der Waals surface area (Å²) in [4.78, 5) is 26.3. The van der Waals surface area contributed by atoms with E-state index < -0.39 is 0 Å². The smallest absolute Gasteiger partial charge is 0.341 e. The molecule has 170 valence electrons. The predicted molar refractivity (Wildman–Crippen MR) is 132 cm³/mol. The Labute approximate surface area is 198 Å². The quantitative estimate of drug-likeness (QED) is 0.328. The number of esters is 1. The molecule has 1 N–H and O–H groups in total. The van der Waals surface area contributed by atoms with E-state index in [-0.39, 0.29) is 11.9 Å². The van der Waals surface area contributed by atoms with Crippen LogP contribution < -0.4 is 10.1 Å². The van der Waals surface area contributed by atoms with Crippen LogP contribution in [-0.2, 0) is 29.0 Å². The van der Waals surface area contributed by atoms with Gasteiger partial charge in [0.2, 0.25) is 5.91 Å². The molecule has 0 radical (unpaired) electrons. The Kier molecular flexibility index (Phi) is 7.58. The second-order valence-corrected chi connectivity index (χ2v) is 8.91. The molecule has 2 aromatic carbocycles. The van der Waals surface area contributed by atoms with Gasteiger partial charge in [-0.15, -0.1) is 11.3 Å². The molecular formula is C27H27NO4S. The summed E-state index contributed by atoms with van der Waals surface area (Å²) in [6.07, 6.45) is 7.17. The minimum Gasteiger partial charge on any atom is -0.489 e. The summed E-state index contributed by atoms with van der Waals surface area (Å²) >= 11 is 1.49. The zero-order valence-corrected chi connectivity index (χ0v) is 19.5. The lowest BCUT2D eigenvalue weighted by Gasteiger charge is -2.12. The Morgan fingerprint density at radius 1 is 1.03 bits per heavy atom. The van der Waals surface area contributed by atoms with Crippen molar-refractivity contribution in [3.63, 3.8) is 0 Å². The first-order chi connectivity index (χ1) is 16.1. The van der Waals surface area contributed by atoms with Crippen LogP contribution in [-0.4, -0.2) is 18.5 Å². The Morgan fingerprint density at radius 2 is 1.79 bits per heavy atom. The number of carbonyl (C=O) groups excluding carboxylic acids is 2. The van der Waals surface area contributed by atoms with E-state index in [4.69, 9.17) is 9.47 Å². The van der Waals surface area contributed by atoms with Crippen LogP contribution in [0.3, 0.4) is 0 Å². The SMILES string of the molecule is CCOC(=O)c1c(NC(=O)/C=C/c2ccc(OCc3ccccc3)cc2)sc2c1CCCC2. The molecule has 33 heavy (non-hydrogen) atoms. The Hall–Kier alpha value is -3.38. The maximum Gasteiger partial charge on any atom is 0.341 e. The van der Waals surface area contributed by atoms with Crippen molar-refractivity contribution in [1.82, 2.24) is 0 Å². The number of hydrogen-bond donors (Lipinski definition) is 1. The number of nitrogens with one attached hydrogen (secondary N) is 1. The predicted octanol–water partition coefficient (Wildman–Crippen LogP) is 6.03. The zero-order valence-electron chi connectivity index (χ0n) is 18.6. The molecule has 6 heteroatoms. The molecule has 0 atom stereocenters. The molecule has 1 aliphatic carbocycles. The van der Waals surface area contributed by atoms with E-state index in [0.717, 1.165) is 48.1 Å². The van der Waals surface area contributed by atoms with E-state index >= 15 is 0 Å². The molecule has 3 aromatic rings. The highest BCUT2D eigenvalue weighted by molar-refractivity contribution is 7.17. The first kappa shape index (κ1) is 22.8. The van der Waals surface area contributed by atoms with Gasteiger partial charge in [-0.3, -0.25) is 4.79 Å². The first-order valence-electron chi connectivity index (χ1n) is 11.2. The molecular weight excluding hydrogens is 434 g/mol. The second kappa shape index (κ2) is 11.0. The van der Waals surface area contributed by atoms with E-state index in [1.807, 2.05) is 54.6 Å². The highest BCUT2D eigenvalue weighted by Gasteiger charge is 2.26. The number of hydrogen-bond acceptors (Lipinski definition) is 5. The summed E-state index contributed by atoms with van der Waals surface area (Å²) in [5.74, 6) is 0.134. The summed E-state index contributed by atoms with van der Waals surface area (Å²) < 4.78 is 11.1. The van der Waals surface area contributed by atoms with Gasteiger partial charge in [0.25, 0.3) is 0 Å². The van der Waals surface area contributed by atoms with Gasteiger partial charge in [0.15, 0.2) is 0 Å². The number of anilines is 1. The topological polar surface area (TPSA) is 64.6 Å². The lowest BCUT2D eigenvalue weighted by molar-refractivity contribution is -0.111. The molecule has 0 bridgehead atoms. The first-order valence-corrected chi connectivity index (χ1v) is 12.0. The number of rotatable bonds is 8. The number of aryl methyl sites for hydroxylation is 1. The van der Waals surface area contributed by atoms with Crippen molar-refractivity contribution in [3.8, 4) is 5.75 Å². The van der Waals surface area contributed by atoms with E-state index in [0.29, 0.717) is 23.8 Å². The maximum absolute atomic E-state index is 12.6.